The van der Waals surface area contributed by atoms with E-state index >= 15 is 0 Å². The first-order chi connectivity index (χ1) is 8.48. The Morgan fingerprint density at radius 2 is 2.06 bits per heavy atom. The van der Waals surface area contributed by atoms with Crippen molar-refractivity contribution in [2.45, 2.75) is 42.8 Å². The second-order valence-electron chi connectivity index (χ2n) is 4.87. The minimum atomic E-state index is -0.708. The molecule has 1 aliphatic carbocycles. The number of ether oxygens (including phenoxy) is 1. The van der Waals surface area contributed by atoms with E-state index in [1.807, 2.05) is 19.9 Å². The Morgan fingerprint density at radius 3 is 2.50 bits per heavy atom. The molecule has 1 saturated carbocycles. The summed E-state index contributed by atoms with van der Waals surface area (Å²) in [5.41, 5.74) is 2.22. The summed E-state index contributed by atoms with van der Waals surface area (Å²) in [5, 5.41) is 9.39. The highest BCUT2D eigenvalue weighted by Gasteiger charge is 2.46. The number of carboxylic acid groups (broad SMARTS) is 1. The van der Waals surface area contributed by atoms with E-state index in [0.29, 0.717) is 0 Å². The van der Waals surface area contributed by atoms with Gasteiger partial charge in [0.05, 0.1) is 12.0 Å². The maximum absolute atomic E-state index is 11.4. The first kappa shape index (κ1) is 13.3. The van der Waals surface area contributed by atoms with Crippen LogP contribution in [0.2, 0.25) is 0 Å². The molecule has 1 aliphatic rings. The smallest absolute Gasteiger partial charge is 0.320 e. The van der Waals surface area contributed by atoms with Gasteiger partial charge < -0.3 is 9.84 Å². The van der Waals surface area contributed by atoms with Crippen LogP contribution in [0.4, 0.5) is 0 Å². The number of methoxy groups -OCH3 is 1. The predicted octanol–water partition coefficient (Wildman–Crippen LogP) is 3.41. The summed E-state index contributed by atoms with van der Waals surface area (Å²) in [5.74, 6) is 0.0748. The topological polar surface area (TPSA) is 46.5 Å². The van der Waals surface area contributed by atoms with Crippen molar-refractivity contribution in [3.8, 4) is 5.75 Å². The van der Waals surface area contributed by atoms with Crippen LogP contribution in [-0.4, -0.2) is 22.9 Å². The highest BCUT2D eigenvalue weighted by atomic mass is 32.2. The Labute approximate surface area is 112 Å². The Kier molecular flexibility index (Phi) is 3.57. The number of aliphatic carboxylic acids is 1. The summed E-state index contributed by atoms with van der Waals surface area (Å²) in [6, 6.07) is 4.03. The van der Waals surface area contributed by atoms with Crippen molar-refractivity contribution in [3.63, 3.8) is 0 Å². The summed E-state index contributed by atoms with van der Waals surface area (Å²) in [6.07, 6.45) is 2.47. The van der Waals surface area contributed by atoms with E-state index in [4.69, 9.17) is 4.74 Å². The van der Waals surface area contributed by atoms with Crippen LogP contribution in [0.3, 0.4) is 0 Å². The van der Waals surface area contributed by atoms with Crippen LogP contribution in [-0.2, 0) is 4.79 Å². The third-order valence-electron chi connectivity index (χ3n) is 3.45. The van der Waals surface area contributed by atoms with Gasteiger partial charge in [0.15, 0.2) is 0 Å². The van der Waals surface area contributed by atoms with Crippen LogP contribution in [0.25, 0.3) is 0 Å². The normalized spacial score (nSPS) is 17.1. The van der Waals surface area contributed by atoms with Gasteiger partial charge in [-0.1, -0.05) is 6.07 Å². The molecule has 1 aromatic rings. The molecule has 4 heteroatoms. The molecule has 1 fully saturated rings. The van der Waals surface area contributed by atoms with Crippen LogP contribution in [0.1, 0.15) is 30.4 Å². The summed E-state index contributed by atoms with van der Waals surface area (Å²) in [6.45, 7) is 4.02. The second kappa shape index (κ2) is 4.84. The summed E-state index contributed by atoms with van der Waals surface area (Å²) >= 11 is 1.45. The first-order valence-electron chi connectivity index (χ1n) is 6.06. The van der Waals surface area contributed by atoms with Crippen molar-refractivity contribution in [2.24, 2.45) is 0 Å². The van der Waals surface area contributed by atoms with Crippen molar-refractivity contribution in [1.82, 2.24) is 0 Å². The van der Waals surface area contributed by atoms with Crippen LogP contribution in [0, 0.1) is 13.8 Å². The SMILES string of the molecule is COc1cc(C)cc(C)c1SC1(C(=O)O)CCC1. The number of thioether (sulfide) groups is 1. The van der Waals surface area contributed by atoms with Crippen molar-refractivity contribution in [2.75, 3.05) is 7.11 Å². The molecule has 0 atom stereocenters. The van der Waals surface area contributed by atoms with Gasteiger partial charge in [0.2, 0.25) is 0 Å². The number of carbonyl (C=O) groups is 1. The Bertz CT molecular complexity index is 478. The van der Waals surface area contributed by atoms with E-state index in [9.17, 15) is 9.90 Å². The van der Waals surface area contributed by atoms with Crippen molar-refractivity contribution >= 4 is 17.7 Å². The van der Waals surface area contributed by atoms with Crippen LogP contribution < -0.4 is 4.74 Å². The summed E-state index contributed by atoms with van der Waals surface area (Å²) in [4.78, 5) is 12.4. The third-order valence-corrected chi connectivity index (χ3v) is 5.15. The molecule has 1 aromatic carbocycles. The highest BCUT2D eigenvalue weighted by molar-refractivity contribution is 8.01. The second-order valence-corrected chi connectivity index (χ2v) is 6.26. The molecule has 0 unspecified atom stereocenters. The van der Waals surface area contributed by atoms with Gasteiger partial charge in [-0.25, -0.2) is 0 Å². The van der Waals surface area contributed by atoms with Gasteiger partial charge in [-0.2, -0.15) is 0 Å². The van der Waals surface area contributed by atoms with Gasteiger partial charge in [0, 0.05) is 0 Å². The van der Waals surface area contributed by atoms with Gasteiger partial charge in [-0.05, 0) is 50.3 Å². The molecule has 0 spiro atoms. The number of hydrogen-bond donors (Lipinski definition) is 1. The molecular formula is C14H18O3S. The number of carboxylic acids is 1. The Balaban J connectivity index is 2.36. The summed E-state index contributed by atoms with van der Waals surface area (Å²) in [7, 11) is 1.63. The number of hydrogen-bond acceptors (Lipinski definition) is 3. The Hall–Kier alpha value is -1.16. The quantitative estimate of drug-likeness (QED) is 0.907. The third kappa shape index (κ3) is 2.21. The van der Waals surface area contributed by atoms with E-state index in [0.717, 1.165) is 41.0 Å². The van der Waals surface area contributed by atoms with E-state index in [1.54, 1.807) is 7.11 Å². The standard InChI is InChI=1S/C14H18O3S/c1-9-7-10(2)12(11(8-9)17-3)18-14(13(15)16)5-4-6-14/h7-8H,4-6H2,1-3H3,(H,15,16). The molecule has 18 heavy (non-hydrogen) atoms. The van der Waals surface area contributed by atoms with E-state index < -0.39 is 10.7 Å². The monoisotopic (exact) mass is 266 g/mol. The minimum Gasteiger partial charge on any atom is -0.496 e. The van der Waals surface area contributed by atoms with Crippen LogP contribution in [0.5, 0.6) is 5.75 Å². The molecule has 0 heterocycles. The zero-order chi connectivity index (χ0) is 13.3. The van der Waals surface area contributed by atoms with Gasteiger partial charge >= 0.3 is 5.97 Å². The minimum absolute atomic E-state index is 0.646. The van der Waals surface area contributed by atoms with E-state index in [2.05, 4.69) is 6.07 Å². The molecule has 2 rings (SSSR count). The molecule has 0 aliphatic heterocycles. The van der Waals surface area contributed by atoms with Gasteiger partial charge in [0.1, 0.15) is 10.5 Å². The fourth-order valence-electron chi connectivity index (χ4n) is 2.25. The van der Waals surface area contributed by atoms with E-state index in [-0.39, 0.29) is 0 Å². The van der Waals surface area contributed by atoms with Crippen LogP contribution in [0.15, 0.2) is 17.0 Å². The summed E-state index contributed by atoms with van der Waals surface area (Å²) < 4.78 is 4.74. The molecule has 98 valence electrons. The van der Waals surface area contributed by atoms with Crippen molar-refractivity contribution in [3.05, 3.63) is 23.3 Å². The number of rotatable bonds is 4. The van der Waals surface area contributed by atoms with Crippen molar-refractivity contribution in [1.29, 1.82) is 0 Å². The average Bonchev–Trinajstić information content (AvgIpc) is 2.24. The predicted molar refractivity (Wildman–Crippen MR) is 72.5 cm³/mol. The first-order valence-corrected chi connectivity index (χ1v) is 6.88. The molecule has 0 saturated heterocycles. The lowest BCUT2D eigenvalue weighted by molar-refractivity contribution is -0.142. The molecule has 0 aromatic heterocycles. The largest absolute Gasteiger partial charge is 0.496 e. The van der Waals surface area contributed by atoms with Gasteiger partial charge in [-0.3, -0.25) is 4.79 Å². The fraction of sp³-hybridized carbons (Fsp3) is 0.500. The highest BCUT2D eigenvalue weighted by Crippen LogP contribution is 2.51. The maximum Gasteiger partial charge on any atom is 0.320 e. The molecular weight excluding hydrogens is 248 g/mol. The Morgan fingerprint density at radius 1 is 1.39 bits per heavy atom. The van der Waals surface area contributed by atoms with E-state index in [1.165, 1.54) is 11.8 Å². The van der Waals surface area contributed by atoms with Gasteiger partial charge in [0.25, 0.3) is 0 Å². The van der Waals surface area contributed by atoms with Crippen LogP contribution >= 0.6 is 11.8 Å². The molecule has 3 nitrogen and oxygen atoms in total. The number of benzene rings is 1. The lowest BCUT2D eigenvalue weighted by Gasteiger charge is -2.37. The molecule has 0 bridgehead atoms. The zero-order valence-electron chi connectivity index (χ0n) is 10.9. The molecule has 1 N–H and O–H groups in total. The fourth-order valence-corrected chi connectivity index (χ4v) is 3.68. The lowest BCUT2D eigenvalue weighted by Crippen LogP contribution is -2.41. The maximum atomic E-state index is 11.4. The molecule has 0 radical (unpaired) electrons. The lowest BCUT2D eigenvalue weighted by atomic mass is 9.84. The van der Waals surface area contributed by atoms with Gasteiger partial charge in [-0.15, -0.1) is 11.8 Å². The number of aryl methyl sites for hydroxylation is 2. The average molecular weight is 266 g/mol. The van der Waals surface area contributed by atoms with Crippen molar-refractivity contribution < 1.29 is 14.6 Å². The zero-order valence-corrected chi connectivity index (χ0v) is 11.8. The molecule has 0 amide bonds.